The summed E-state index contributed by atoms with van der Waals surface area (Å²) in [6, 6.07) is 5.56. The van der Waals surface area contributed by atoms with E-state index < -0.39 is 11.4 Å². The lowest BCUT2D eigenvalue weighted by molar-refractivity contribution is -0.143. The summed E-state index contributed by atoms with van der Waals surface area (Å²) in [5.74, 6) is -0.532. The lowest BCUT2D eigenvalue weighted by Gasteiger charge is -2.17. The van der Waals surface area contributed by atoms with Gasteiger partial charge in [-0.3, -0.25) is 4.79 Å². The number of hydrogen-bond acceptors (Lipinski definition) is 2. The quantitative estimate of drug-likeness (QED) is 0.779. The fourth-order valence-corrected chi connectivity index (χ4v) is 2.37. The van der Waals surface area contributed by atoms with Crippen LogP contribution in [0.2, 0.25) is 0 Å². The molecule has 0 unspecified atom stereocenters. The number of anilines is 1. The standard InChI is InChI=1S/C16H22N2O3/c1-10(2)12-6-4-5-11(3)13(12)18-15(21)17-9-16(7-8-16)14(19)20/h4-6,10H,7-9H2,1-3H3,(H,19,20)(H2,17,18,21). The van der Waals surface area contributed by atoms with Crippen LogP contribution >= 0.6 is 0 Å². The van der Waals surface area contributed by atoms with Crippen molar-refractivity contribution in [2.45, 2.75) is 39.5 Å². The molecule has 0 spiro atoms. The van der Waals surface area contributed by atoms with E-state index in [9.17, 15) is 9.59 Å². The van der Waals surface area contributed by atoms with Crippen LogP contribution in [0.4, 0.5) is 10.5 Å². The van der Waals surface area contributed by atoms with Crippen molar-refractivity contribution in [2.24, 2.45) is 5.41 Å². The molecule has 1 aromatic carbocycles. The van der Waals surface area contributed by atoms with Crippen LogP contribution in [0.1, 0.15) is 43.7 Å². The Labute approximate surface area is 124 Å². The van der Waals surface area contributed by atoms with Gasteiger partial charge < -0.3 is 15.7 Å². The lowest BCUT2D eigenvalue weighted by atomic mass is 9.98. The van der Waals surface area contributed by atoms with Gasteiger partial charge in [0.25, 0.3) is 0 Å². The first-order valence-electron chi connectivity index (χ1n) is 7.23. The molecule has 5 heteroatoms. The van der Waals surface area contributed by atoms with Gasteiger partial charge in [-0.15, -0.1) is 0 Å². The molecular formula is C16H22N2O3. The lowest BCUT2D eigenvalue weighted by Crippen LogP contribution is -2.37. The van der Waals surface area contributed by atoms with Gasteiger partial charge >= 0.3 is 12.0 Å². The Balaban J connectivity index is 2.02. The fraction of sp³-hybridized carbons (Fsp3) is 0.500. The molecule has 1 aliphatic carbocycles. The van der Waals surface area contributed by atoms with Crippen molar-refractivity contribution < 1.29 is 14.7 Å². The third-order valence-electron chi connectivity index (χ3n) is 4.06. The van der Waals surface area contributed by atoms with E-state index >= 15 is 0 Å². The van der Waals surface area contributed by atoms with Gasteiger partial charge in [0.15, 0.2) is 0 Å². The average molecular weight is 290 g/mol. The van der Waals surface area contributed by atoms with E-state index in [1.165, 1.54) is 0 Å². The molecule has 2 rings (SSSR count). The van der Waals surface area contributed by atoms with Crippen molar-refractivity contribution in [1.29, 1.82) is 0 Å². The van der Waals surface area contributed by atoms with E-state index in [1.54, 1.807) is 0 Å². The van der Waals surface area contributed by atoms with Gasteiger partial charge in [0, 0.05) is 12.2 Å². The van der Waals surface area contributed by atoms with Crippen LogP contribution in [0.5, 0.6) is 0 Å². The van der Waals surface area contributed by atoms with E-state index in [1.807, 2.05) is 25.1 Å². The highest BCUT2D eigenvalue weighted by molar-refractivity contribution is 5.91. The third kappa shape index (κ3) is 3.35. The zero-order chi connectivity index (χ0) is 15.6. The molecule has 1 saturated carbocycles. The van der Waals surface area contributed by atoms with Crippen molar-refractivity contribution in [3.8, 4) is 0 Å². The number of carboxylic acid groups (broad SMARTS) is 1. The zero-order valence-corrected chi connectivity index (χ0v) is 12.7. The Bertz CT molecular complexity index is 563. The van der Waals surface area contributed by atoms with Crippen LogP contribution in [0.25, 0.3) is 0 Å². The number of amides is 2. The highest BCUT2D eigenvalue weighted by Gasteiger charge is 2.50. The van der Waals surface area contributed by atoms with Gasteiger partial charge in [-0.25, -0.2) is 4.79 Å². The van der Waals surface area contributed by atoms with Gasteiger partial charge in [0.2, 0.25) is 0 Å². The molecule has 21 heavy (non-hydrogen) atoms. The Kier molecular flexibility index (Phi) is 4.21. The minimum Gasteiger partial charge on any atom is -0.481 e. The predicted octanol–water partition coefficient (Wildman–Crippen LogP) is 3.10. The maximum Gasteiger partial charge on any atom is 0.319 e. The monoisotopic (exact) mass is 290 g/mol. The van der Waals surface area contributed by atoms with Crippen molar-refractivity contribution in [3.63, 3.8) is 0 Å². The first kappa shape index (κ1) is 15.4. The van der Waals surface area contributed by atoms with Crippen molar-refractivity contribution in [3.05, 3.63) is 29.3 Å². The number of rotatable bonds is 5. The molecule has 2 amide bonds. The average Bonchev–Trinajstić information content (AvgIpc) is 3.19. The molecule has 0 saturated heterocycles. The highest BCUT2D eigenvalue weighted by Crippen LogP contribution is 2.45. The van der Waals surface area contributed by atoms with Gasteiger partial charge in [0.1, 0.15) is 0 Å². The van der Waals surface area contributed by atoms with Crippen LogP contribution in [0.3, 0.4) is 0 Å². The second kappa shape index (κ2) is 5.76. The van der Waals surface area contributed by atoms with Gasteiger partial charge in [-0.05, 0) is 36.8 Å². The van der Waals surface area contributed by atoms with Crippen LogP contribution in [0.15, 0.2) is 18.2 Å². The van der Waals surface area contributed by atoms with E-state index in [4.69, 9.17) is 5.11 Å². The molecule has 0 aliphatic heterocycles. The Morgan fingerprint density at radius 1 is 1.33 bits per heavy atom. The van der Waals surface area contributed by atoms with E-state index in [0.717, 1.165) is 16.8 Å². The van der Waals surface area contributed by atoms with Gasteiger partial charge in [0.05, 0.1) is 5.41 Å². The SMILES string of the molecule is Cc1cccc(C(C)C)c1NC(=O)NCC1(C(=O)O)CC1. The number of benzene rings is 1. The minimum atomic E-state index is -0.832. The number of aryl methyl sites for hydroxylation is 1. The Morgan fingerprint density at radius 2 is 2.00 bits per heavy atom. The van der Waals surface area contributed by atoms with Crippen molar-refractivity contribution >= 4 is 17.7 Å². The zero-order valence-electron chi connectivity index (χ0n) is 12.7. The van der Waals surface area contributed by atoms with Crippen molar-refractivity contribution in [1.82, 2.24) is 5.32 Å². The number of aliphatic carboxylic acids is 1. The molecule has 0 bridgehead atoms. The first-order valence-corrected chi connectivity index (χ1v) is 7.23. The van der Waals surface area contributed by atoms with Crippen LogP contribution in [-0.4, -0.2) is 23.7 Å². The molecule has 1 aliphatic rings. The third-order valence-corrected chi connectivity index (χ3v) is 4.06. The van der Waals surface area contributed by atoms with Crippen LogP contribution in [-0.2, 0) is 4.79 Å². The van der Waals surface area contributed by atoms with E-state index in [2.05, 4.69) is 24.5 Å². The summed E-state index contributed by atoms with van der Waals surface area (Å²) in [7, 11) is 0. The Morgan fingerprint density at radius 3 is 2.52 bits per heavy atom. The summed E-state index contributed by atoms with van der Waals surface area (Å²) >= 11 is 0. The molecule has 3 N–H and O–H groups in total. The molecule has 114 valence electrons. The van der Waals surface area contributed by atoms with Crippen LogP contribution < -0.4 is 10.6 Å². The van der Waals surface area contributed by atoms with Crippen molar-refractivity contribution in [2.75, 3.05) is 11.9 Å². The van der Waals surface area contributed by atoms with E-state index in [-0.39, 0.29) is 12.6 Å². The second-order valence-corrected chi connectivity index (χ2v) is 6.09. The summed E-state index contributed by atoms with van der Waals surface area (Å²) in [6.07, 6.45) is 1.26. The molecule has 0 atom stereocenters. The number of nitrogens with one attached hydrogen (secondary N) is 2. The first-order chi connectivity index (χ1) is 9.85. The Hall–Kier alpha value is -2.04. The molecular weight excluding hydrogens is 268 g/mol. The fourth-order valence-electron chi connectivity index (χ4n) is 2.37. The molecule has 0 heterocycles. The highest BCUT2D eigenvalue weighted by atomic mass is 16.4. The number of hydrogen-bond donors (Lipinski definition) is 3. The van der Waals surface area contributed by atoms with Gasteiger partial charge in [-0.2, -0.15) is 0 Å². The maximum atomic E-state index is 12.0. The summed E-state index contributed by atoms with van der Waals surface area (Å²) in [4.78, 5) is 23.1. The molecule has 1 fully saturated rings. The second-order valence-electron chi connectivity index (χ2n) is 6.09. The number of urea groups is 1. The summed E-state index contributed by atoms with van der Waals surface area (Å²) in [5.41, 5.74) is 2.13. The summed E-state index contributed by atoms with van der Waals surface area (Å²) in [5, 5.41) is 14.6. The maximum absolute atomic E-state index is 12.0. The van der Waals surface area contributed by atoms with E-state index in [0.29, 0.717) is 18.8 Å². The topological polar surface area (TPSA) is 78.4 Å². The molecule has 0 aromatic heterocycles. The molecule has 0 radical (unpaired) electrons. The number of carboxylic acids is 1. The molecule has 5 nitrogen and oxygen atoms in total. The predicted molar refractivity (Wildman–Crippen MR) is 81.6 cm³/mol. The molecule has 1 aromatic rings. The number of para-hydroxylation sites is 1. The van der Waals surface area contributed by atoms with Gasteiger partial charge in [-0.1, -0.05) is 32.0 Å². The number of carbonyl (C=O) groups is 2. The van der Waals surface area contributed by atoms with Crippen LogP contribution in [0, 0.1) is 12.3 Å². The largest absolute Gasteiger partial charge is 0.481 e. The minimum absolute atomic E-state index is 0.178. The number of carbonyl (C=O) groups excluding carboxylic acids is 1. The summed E-state index contributed by atoms with van der Waals surface area (Å²) in [6.45, 7) is 6.27. The smallest absolute Gasteiger partial charge is 0.319 e. The normalized spacial score (nSPS) is 15.6. The summed E-state index contributed by atoms with van der Waals surface area (Å²) < 4.78 is 0.